The van der Waals surface area contributed by atoms with Crippen molar-refractivity contribution in [2.75, 3.05) is 11.9 Å². The number of benzene rings is 1. The maximum absolute atomic E-state index is 13.1. The van der Waals surface area contributed by atoms with Crippen LogP contribution in [0.4, 0.5) is 23.2 Å². The Hall–Kier alpha value is -1.01. The summed E-state index contributed by atoms with van der Waals surface area (Å²) in [6.45, 7) is -0.136. The predicted octanol–water partition coefficient (Wildman–Crippen LogP) is 3.07. The van der Waals surface area contributed by atoms with Crippen LogP contribution in [0.2, 0.25) is 0 Å². The van der Waals surface area contributed by atoms with Crippen molar-refractivity contribution in [2.24, 2.45) is 5.73 Å². The van der Waals surface area contributed by atoms with Gasteiger partial charge in [-0.15, -0.1) is 12.4 Å². The third-order valence-electron chi connectivity index (χ3n) is 1.99. The van der Waals surface area contributed by atoms with Gasteiger partial charge in [0, 0.05) is 13.1 Å². The van der Waals surface area contributed by atoms with Gasteiger partial charge in [-0.05, 0) is 17.7 Å². The summed E-state index contributed by atoms with van der Waals surface area (Å²) >= 11 is 0. The van der Waals surface area contributed by atoms with E-state index in [1.807, 2.05) is 0 Å². The van der Waals surface area contributed by atoms with Crippen LogP contribution < -0.4 is 11.1 Å². The normalized spacial score (nSPS) is 10.9. The molecule has 0 unspecified atom stereocenters. The topological polar surface area (TPSA) is 38.0 Å². The lowest BCUT2D eigenvalue weighted by atomic mass is 10.2. The first-order valence-corrected chi connectivity index (χ1v) is 4.71. The van der Waals surface area contributed by atoms with E-state index in [9.17, 15) is 17.6 Å². The minimum atomic E-state index is -4.24. The summed E-state index contributed by atoms with van der Waals surface area (Å²) in [4.78, 5) is 0. The highest BCUT2D eigenvalue weighted by atomic mass is 35.5. The molecule has 98 valence electrons. The smallest absolute Gasteiger partial charge is 0.382 e. The van der Waals surface area contributed by atoms with Crippen LogP contribution in [0.15, 0.2) is 18.2 Å². The first-order chi connectivity index (χ1) is 7.42. The van der Waals surface area contributed by atoms with Crippen LogP contribution in [-0.4, -0.2) is 12.7 Å². The van der Waals surface area contributed by atoms with Crippen molar-refractivity contribution in [1.29, 1.82) is 0 Å². The molecule has 0 heterocycles. The molecule has 0 aliphatic heterocycles. The number of anilines is 1. The van der Waals surface area contributed by atoms with E-state index in [1.54, 1.807) is 0 Å². The summed E-state index contributed by atoms with van der Waals surface area (Å²) in [6.07, 6.45) is -5.24. The van der Waals surface area contributed by atoms with Crippen LogP contribution >= 0.6 is 12.4 Å². The van der Waals surface area contributed by atoms with Gasteiger partial charge in [0.15, 0.2) is 0 Å². The Morgan fingerprint density at radius 2 is 1.88 bits per heavy atom. The lowest BCUT2D eigenvalue weighted by Gasteiger charge is -2.10. The van der Waals surface area contributed by atoms with Gasteiger partial charge in [-0.2, -0.15) is 13.2 Å². The molecule has 0 spiro atoms. The Labute approximate surface area is 103 Å². The number of hydrogen-bond donors (Lipinski definition) is 2. The van der Waals surface area contributed by atoms with Gasteiger partial charge in [0.25, 0.3) is 0 Å². The number of nitrogens with one attached hydrogen (secondary N) is 1. The number of nitrogens with two attached hydrogens (primary N) is 1. The molecule has 2 nitrogen and oxygen atoms in total. The highest BCUT2D eigenvalue weighted by molar-refractivity contribution is 5.85. The van der Waals surface area contributed by atoms with Crippen LogP contribution in [-0.2, 0) is 6.54 Å². The molecule has 0 bridgehead atoms. The van der Waals surface area contributed by atoms with Gasteiger partial charge in [-0.25, -0.2) is 4.39 Å². The van der Waals surface area contributed by atoms with Crippen molar-refractivity contribution < 1.29 is 17.6 Å². The van der Waals surface area contributed by atoms with Crippen molar-refractivity contribution in [3.63, 3.8) is 0 Å². The molecule has 1 aromatic carbocycles. The van der Waals surface area contributed by atoms with Crippen molar-refractivity contribution in [3.05, 3.63) is 29.6 Å². The fourth-order valence-corrected chi connectivity index (χ4v) is 1.17. The predicted molar refractivity (Wildman–Crippen MR) is 60.7 cm³/mol. The molecule has 0 aromatic heterocycles. The number of alkyl halides is 3. The zero-order valence-corrected chi connectivity index (χ0v) is 9.67. The van der Waals surface area contributed by atoms with E-state index in [0.29, 0.717) is 5.56 Å². The van der Waals surface area contributed by atoms with Crippen molar-refractivity contribution in [3.8, 4) is 0 Å². The molecule has 0 radical (unpaired) electrons. The molecule has 0 saturated carbocycles. The number of hydrogen-bond acceptors (Lipinski definition) is 2. The highest BCUT2D eigenvalue weighted by Gasteiger charge is 2.26. The minimum Gasteiger partial charge on any atom is -0.382 e. The van der Waals surface area contributed by atoms with E-state index in [0.717, 1.165) is 0 Å². The van der Waals surface area contributed by atoms with Crippen LogP contribution in [0, 0.1) is 5.82 Å². The molecular weight excluding hydrogens is 260 g/mol. The number of halogens is 5. The summed E-state index contributed by atoms with van der Waals surface area (Å²) in [5, 5.41) is 2.39. The molecule has 0 aliphatic carbocycles. The first kappa shape index (κ1) is 16.0. The Balaban J connectivity index is 0.00000256. The molecule has 1 rings (SSSR count). The quantitative estimate of drug-likeness (QED) is 0.827. The largest absolute Gasteiger partial charge is 0.390 e. The van der Waals surface area contributed by atoms with Crippen LogP contribution in [0.3, 0.4) is 0 Å². The van der Waals surface area contributed by atoms with Gasteiger partial charge >= 0.3 is 6.18 Å². The van der Waals surface area contributed by atoms with Gasteiger partial charge in [0.05, 0.1) is 12.1 Å². The molecule has 7 heteroatoms. The number of rotatable bonds is 4. The molecular formula is C10H13ClF4N2. The van der Waals surface area contributed by atoms with Gasteiger partial charge in [-0.1, -0.05) is 6.07 Å². The standard InChI is InChI=1S/C10H12F4N2.ClH/c11-8-2-1-7(6-15)5-9(8)16-4-3-10(12,13)14;/h1-2,5,16H,3-4,6,15H2;1H. The third kappa shape index (κ3) is 5.74. The lowest BCUT2D eigenvalue weighted by Crippen LogP contribution is -2.15. The third-order valence-corrected chi connectivity index (χ3v) is 1.99. The van der Waals surface area contributed by atoms with E-state index in [-0.39, 0.29) is 31.2 Å². The van der Waals surface area contributed by atoms with E-state index < -0.39 is 18.4 Å². The zero-order chi connectivity index (χ0) is 12.2. The summed E-state index contributed by atoms with van der Waals surface area (Å²) < 4.78 is 48.7. The fraction of sp³-hybridized carbons (Fsp3) is 0.400. The Bertz CT molecular complexity index is 355. The average Bonchev–Trinajstić information content (AvgIpc) is 2.19. The molecule has 3 N–H and O–H groups in total. The molecule has 0 atom stereocenters. The SMILES string of the molecule is Cl.NCc1ccc(F)c(NCCC(F)(F)F)c1. The van der Waals surface area contributed by atoms with Gasteiger partial charge in [-0.3, -0.25) is 0 Å². The first-order valence-electron chi connectivity index (χ1n) is 4.71. The molecule has 0 aliphatic rings. The minimum absolute atomic E-state index is 0. The molecule has 1 aromatic rings. The van der Waals surface area contributed by atoms with Crippen LogP contribution in [0.1, 0.15) is 12.0 Å². The van der Waals surface area contributed by atoms with Gasteiger partial charge in [0.2, 0.25) is 0 Å². The Morgan fingerprint density at radius 1 is 1.24 bits per heavy atom. The summed E-state index contributed by atoms with van der Waals surface area (Å²) in [5.41, 5.74) is 6.05. The highest BCUT2D eigenvalue weighted by Crippen LogP contribution is 2.21. The van der Waals surface area contributed by atoms with Crippen molar-refractivity contribution in [2.45, 2.75) is 19.1 Å². The maximum Gasteiger partial charge on any atom is 0.390 e. The second-order valence-corrected chi connectivity index (χ2v) is 3.31. The Kier molecular flexibility index (Phi) is 6.26. The summed E-state index contributed by atoms with van der Waals surface area (Å²) in [7, 11) is 0. The van der Waals surface area contributed by atoms with Crippen molar-refractivity contribution >= 4 is 18.1 Å². The Morgan fingerprint density at radius 3 is 2.41 bits per heavy atom. The van der Waals surface area contributed by atoms with Crippen LogP contribution in [0.25, 0.3) is 0 Å². The van der Waals surface area contributed by atoms with Crippen molar-refractivity contribution in [1.82, 2.24) is 0 Å². The average molecular weight is 273 g/mol. The van der Waals surface area contributed by atoms with Gasteiger partial charge < -0.3 is 11.1 Å². The second-order valence-electron chi connectivity index (χ2n) is 3.31. The molecule has 0 amide bonds. The summed E-state index contributed by atoms with van der Waals surface area (Å²) in [5.74, 6) is -0.584. The van der Waals surface area contributed by atoms with E-state index in [4.69, 9.17) is 5.73 Å². The zero-order valence-electron chi connectivity index (χ0n) is 8.85. The lowest BCUT2D eigenvalue weighted by molar-refractivity contribution is -0.131. The molecule has 0 fully saturated rings. The van der Waals surface area contributed by atoms with E-state index in [2.05, 4.69) is 5.32 Å². The van der Waals surface area contributed by atoms with E-state index in [1.165, 1.54) is 18.2 Å². The maximum atomic E-state index is 13.1. The fourth-order valence-electron chi connectivity index (χ4n) is 1.17. The van der Waals surface area contributed by atoms with Crippen LogP contribution in [0.5, 0.6) is 0 Å². The van der Waals surface area contributed by atoms with Gasteiger partial charge in [0.1, 0.15) is 5.82 Å². The molecule has 0 saturated heterocycles. The summed E-state index contributed by atoms with van der Waals surface area (Å²) in [6, 6.07) is 4.08. The monoisotopic (exact) mass is 272 g/mol. The van der Waals surface area contributed by atoms with E-state index >= 15 is 0 Å². The second kappa shape index (κ2) is 6.66. The molecule has 17 heavy (non-hydrogen) atoms.